The SMILES string of the molecule is CCCC(CC)C1CCN2CCNC2C1. The standard InChI is InChI=1S/C13H26N2/c1-3-5-11(4-2)12-6-8-15-9-7-14-13(15)10-12/h11-14H,3-10H2,1-2H3. The molecule has 0 aromatic heterocycles. The molecule has 2 rings (SSSR count). The summed E-state index contributed by atoms with van der Waals surface area (Å²) < 4.78 is 0. The Hall–Kier alpha value is -0.0800. The van der Waals surface area contributed by atoms with Crippen LogP contribution in [0.25, 0.3) is 0 Å². The molecule has 0 aliphatic carbocycles. The predicted octanol–water partition coefficient (Wildman–Crippen LogP) is 2.45. The Balaban J connectivity index is 1.87. The minimum atomic E-state index is 0.717. The Labute approximate surface area is 94.4 Å². The molecule has 0 aromatic rings. The fourth-order valence-electron chi connectivity index (χ4n) is 3.47. The van der Waals surface area contributed by atoms with E-state index in [2.05, 4.69) is 24.1 Å². The normalized spacial score (nSPS) is 34.0. The van der Waals surface area contributed by atoms with Crippen LogP contribution in [0.5, 0.6) is 0 Å². The van der Waals surface area contributed by atoms with Gasteiger partial charge in [-0.3, -0.25) is 4.90 Å². The van der Waals surface area contributed by atoms with E-state index >= 15 is 0 Å². The van der Waals surface area contributed by atoms with Gasteiger partial charge >= 0.3 is 0 Å². The van der Waals surface area contributed by atoms with Crippen molar-refractivity contribution in [1.82, 2.24) is 10.2 Å². The Morgan fingerprint density at radius 1 is 1.33 bits per heavy atom. The second-order valence-electron chi connectivity index (χ2n) is 5.25. The molecule has 2 heteroatoms. The van der Waals surface area contributed by atoms with Gasteiger partial charge in [0.1, 0.15) is 0 Å². The zero-order chi connectivity index (χ0) is 10.7. The largest absolute Gasteiger partial charge is 0.300 e. The fourth-order valence-corrected chi connectivity index (χ4v) is 3.47. The van der Waals surface area contributed by atoms with Crippen LogP contribution in [0.1, 0.15) is 46.0 Å². The monoisotopic (exact) mass is 210 g/mol. The molecule has 2 aliphatic rings. The fraction of sp³-hybridized carbons (Fsp3) is 1.00. The molecule has 0 saturated carbocycles. The predicted molar refractivity (Wildman–Crippen MR) is 64.8 cm³/mol. The lowest BCUT2D eigenvalue weighted by Gasteiger charge is -2.38. The highest BCUT2D eigenvalue weighted by Crippen LogP contribution is 2.33. The first-order valence-electron chi connectivity index (χ1n) is 6.82. The van der Waals surface area contributed by atoms with Crippen molar-refractivity contribution >= 4 is 0 Å². The van der Waals surface area contributed by atoms with Crippen molar-refractivity contribution < 1.29 is 0 Å². The van der Waals surface area contributed by atoms with Crippen LogP contribution in [0.4, 0.5) is 0 Å². The van der Waals surface area contributed by atoms with E-state index in [0.29, 0.717) is 0 Å². The van der Waals surface area contributed by atoms with E-state index in [-0.39, 0.29) is 0 Å². The van der Waals surface area contributed by atoms with E-state index < -0.39 is 0 Å². The Kier molecular flexibility index (Phi) is 4.04. The van der Waals surface area contributed by atoms with Gasteiger partial charge in [-0.25, -0.2) is 0 Å². The van der Waals surface area contributed by atoms with E-state index in [1.54, 1.807) is 0 Å². The molecule has 3 atom stereocenters. The number of hydrogen-bond acceptors (Lipinski definition) is 2. The summed E-state index contributed by atoms with van der Waals surface area (Å²) in [5, 5.41) is 3.64. The lowest BCUT2D eigenvalue weighted by molar-refractivity contribution is 0.104. The van der Waals surface area contributed by atoms with Gasteiger partial charge in [-0.05, 0) is 31.2 Å². The summed E-state index contributed by atoms with van der Waals surface area (Å²) in [4.78, 5) is 2.63. The van der Waals surface area contributed by atoms with Crippen LogP contribution in [-0.4, -0.2) is 30.7 Å². The molecule has 1 N–H and O–H groups in total. The number of fused-ring (bicyclic) bond motifs is 1. The van der Waals surface area contributed by atoms with Crippen LogP contribution in [-0.2, 0) is 0 Å². The highest BCUT2D eigenvalue weighted by atomic mass is 15.3. The lowest BCUT2D eigenvalue weighted by atomic mass is 9.79. The van der Waals surface area contributed by atoms with Gasteiger partial charge in [0.2, 0.25) is 0 Å². The molecule has 0 spiro atoms. The van der Waals surface area contributed by atoms with Gasteiger partial charge < -0.3 is 5.32 Å². The summed E-state index contributed by atoms with van der Waals surface area (Å²) in [6, 6.07) is 0. The number of hydrogen-bond donors (Lipinski definition) is 1. The van der Waals surface area contributed by atoms with Crippen molar-refractivity contribution in [3.05, 3.63) is 0 Å². The maximum atomic E-state index is 3.64. The van der Waals surface area contributed by atoms with Crippen molar-refractivity contribution in [2.45, 2.75) is 52.1 Å². The Morgan fingerprint density at radius 2 is 2.20 bits per heavy atom. The topological polar surface area (TPSA) is 15.3 Å². The summed E-state index contributed by atoms with van der Waals surface area (Å²) in [6.45, 7) is 8.52. The second kappa shape index (κ2) is 5.31. The molecule has 0 bridgehead atoms. The number of rotatable bonds is 4. The van der Waals surface area contributed by atoms with Crippen LogP contribution in [0.2, 0.25) is 0 Å². The smallest absolute Gasteiger partial charge is 0.0600 e. The molecule has 2 fully saturated rings. The molecule has 15 heavy (non-hydrogen) atoms. The average molecular weight is 210 g/mol. The van der Waals surface area contributed by atoms with Crippen LogP contribution < -0.4 is 5.32 Å². The van der Waals surface area contributed by atoms with Gasteiger partial charge in [0.15, 0.2) is 0 Å². The number of piperidine rings is 1. The van der Waals surface area contributed by atoms with E-state index in [1.807, 2.05) is 0 Å². The summed E-state index contributed by atoms with van der Waals surface area (Å²) in [5.74, 6) is 1.97. The molecule has 2 aliphatic heterocycles. The van der Waals surface area contributed by atoms with Crippen molar-refractivity contribution in [1.29, 1.82) is 0 Å². The van der Waals surface area contributed by atoms with Crippen molar-refractivity contribution in [2.75, 3.05) is 19.6 Å². The molecular formula is C13H26N2. The van der Waals surface area contributed by atoms with Gasteiger partial charge in [0.05, 0.1) is 6.17 Å². The molecular weight excluding hydrogens is 184 g/mol. The molecule has 88 valence electrons. The van der Waals surface area contributed by atoms with Gasteiger partial charge in [0.25, 0.3) is 0 Å². The minimum absolute atomic E-state index is 0.717. The van der Waals surface area contributed by atoms with Crippen LogP contribution in [0.3, 0.4) is 0 Å². The third-order valence-electron chi connectivity index (χ3n) is 4.38. The van der Waals surface area contributed by atoms with E-state index in [1.165, 1.54) is 51.7 Å². The lowest BCUT2D eigenvalue weighted by Crippen LogP contribution is -2.44. The van der Waals surface area contributed by atoms with Crippen molar-refractivity contribution in [3.8, 4) is 0 Å². The minimum Gasteiger partial charge on any atom is -0.300 e. The van der Waals surface area contributed by atoms with E-state index in [4.69, 9.17) is 0 Å². The summed E-state index contributed by atoms with van der Waals surface area (Å²) in [6.07, 6.45) is 7.74. The molecule has 2 heterocycles. The Bertz CT molecular complexity index is 193. The zero-order valence-corrected chi connectivity index (χ0v) is 10.3. The highest BCUT2D eigenvalue weighted by molar-refractivity contribution is 4.87. The summed E-state index contributed by atoms with van der Waals surface area (Å²) >= 11 is 0. The average Bonchev–Trinajstić information content (AvgIpc) is 2.72. The maximum Gasteiger partial charge on any atom is 0.0600 e. The quantitative estimate of drug-likeness (QED) is 0.767. The molecule has 0 amide bonds. The first-order chi connectivity index (χ1) is 7.35. The maximum absolute atomic E-state index is 3.64. The Morgan fingerprint density at radius 3 is 2.93 bits per heavy atom. The van der Waals surface area contributed by atoms with Crippen LogP contribution in [0.15, 0.2) is 0 Å². The molecule has 2 nitrogen and oxygen atoms in total. The van der Waals surface area contributed by atoms with Crippen molar-refractivity contribution in [2.24, 2.45) is 11.8 Å². The first kappa shape index (κ1) is 11.4. The summed E-state index contributed by atoms with van der Waals surface area (Å²) in [5.41, 5.74) is 0. The third kappa shape index (κ3) is 2.54. The van der Waals surface area contributed by atoms with E-state index in [0.717, 1.165) is 18.0 Å². The molecule has 3 unspecified atom stereocenters. The van der Waals surface area contributed by atoms with Gasteiger partial charge in [-0.1, -0.05) is 33.1 Å². The number of nitrogens with zero attached hydrogens (tertiary/aromatic N) is 1. The number of nitrogens with one attached hydrogen (secondary N) is 1. The van der Waals surface area contributed by atoms with Gasteiger partial charge in [-0.2, -0.15) is 0 Å². The first-order valence-corrected chi connectivity index (χ1v) is 6.82. The molecule has 0 aromatic carbocycles. The van der Waals surface area contributed by atoms with Crippen molar-refractivity contribution in [3.63, 3.8) is 0 Å². The van der Waals surface area contributed by atoms with Gasteiger partial charge in [-0.15, -0.1) is 0 Å². The van der Waals surface area contributed by atoms with Crippen LogP contribution >= 0.6 is 0 Å². The van der Waals surface area contributed by atoms with E-state index in [9.17, 15) is 0 Å². The zero-order valence-electron chi connectivity index (χ0n) is 10.3. The van der Waals surface area contributed by atoms with Crippen LogP contribution in [0, 0.1) is 11.8 Å². The highest BCUT2D eigenvalue weighted by Gasteiger charge is 2.33. The third-order valence-corrected chi connectivity index (χ3v) is 4.38. The molecule has 2 saturated heterocycles. The molecule has 0 radical (unpaired) electrons. The summed E-state index contributed by atoms with van der Waals surface area (Å²) in [7, 11) is 0. The second-order valence-corrected chi connectivity index (χ2v) is 5.25. The van der Waals surface area contributed by atoms with Gasteiger partial charge in [0, 0.05) is 13.1 Å².